The van der Waals surface area contributed by atoms with Crippen LogP contribution in [0.2, 0.25) is 25.2 Å². The van der Waals surface area contributed by atoms with Crippen LogP contribution in [-0.4, -0.2) is 32.2 Å². The molecule has 4 nitrogen and oxygen atoms in total. The molecule has 0 radical (unpaired) electrons. The van der Waals surface area contributed by atoms with Crippen LogP contribution in [-0.2, 0) is 0 Å². The molecule has 2 rings (SSSR count). The van der Waals surface area contributed by atoms with Crippen molar-refractivity contribution in [3.8, 4) is 0 Å². The normalized spacial score (nSPS) is 18.7. The number of hydrogen-bond acceptors (Lipinski definition) is 3. The Morgan fingerprint density at radius 3 is 2.50 bits per heavy atom. The van der Waals surface area contributed by atoms with Gasteiger partial charge in [-0.15, -0.1) is 0 Å². The Kier molecular flexibility index (Phi) is 3.34. The van der Waals surface area contributed by atoms with E-state index in [0.29, 0.717) is 11.3 Å². The third-order valence-corrected chi connectivity index (χ3v) is 6.86. The largest absolute Gasteiger partial charge is 0.478 e. The average molecular weight is 264 g/mol. The van der Waals surface area contributed by atoms with Crippen molar-refractivity contribution < 1.29 is 9.90 Å². The van der Waals surface area contributed by atoms with Crippen molar-refractivity contribution in [2.24, 2.45) is 0 Å². The van der Waals surface area contributed by atoms with Crippen molar-refractivity contribution in [3.63, 3.8) is 0 Å². The number of hydrogen-bond donors (Lipinski definition) is 2. The third kappa shape index (κ3) is 2.67. The number of aromatic carboxylic acids is 1. The lowest BCUT2D eigenvalue weighted by Crippen LogP contribution is -2.43. The second-order valence-corrected chi connectivity index (χ2v) is 11.1. The Hall–Kier alpha value is -1.49. The summed E-state index contributed by atoms with van der Waals surface area (Å²) in [4.78, 5) is 13.4. The number of nitrogen functional groups attached to an aromatic ring is 1. The Bertz CT molecular complexity index is 464. The maximum Gasteiger partial charge on any atom is 0.337 e. The molecule has 1 aliphatic heterocycles. The van der Waals surface area contributed by atoms with Gasteiger partial charge >= 0.3 is 5.97 Å². The topological polar surface area (TPSA) is 66.6 Å². The van der Waals surface area contributed by atoms with Gasteiger partial charge < -0.3 is 15.7 Å². The standard InChI is InChI=1S/C13H20N2O2Si/c1-18(2)7-5-15(6-8-18)12-9-10(14)3-4-11(12)13(16)17/h3-4,9H,5-8,14H2,1-2H3,(H,16,17). The van der Waals surface area contributed by atoms with Crippen molar-refractivity contribution in [2.45, 2.75) is 25.2 Å². The summed E-state index contributed by atoms with van der Waals surface area (Å²) in [7, 11) is -1.04. The molecule has 0 bridgehead atoms. The molecule has 0 aliphatic carbocycles. The molecule has 1 aromatic carbocycles. The summed E-state index contributed by atoms with van der Waals surface area (Å²) in [5, 5.41) is 9.23. The number of rotatable bonds is 2. The van der Waals surface area contributed by atoms with Gasteiger partial charge in [-0.05, 0) is 30.3 Å². The van der Waals surface area contributed by atoms with Crippen molar-refractivity contribution in [1.29, 1.82) is 0 Å². The minimum Gasteiger partial charge on any atom is -0.478 e. The maximum absolute atomic E-state index is 11.2. The lowest BCUT2D eigenvalue weighted by molar-refractivity contribution is 0.0697. The number of carbonyl (C=O) groups is 1. The monoisotopic (exact) mass is 264 g/mol. The van der Waals surface area contributed by atoms with Crippen LogP contribution in [0.25, 0.3) is 0 Å². The minimum absolute atomic E-state index is 0.352. The summed E-state index contributed by atoms with van der Waals surface area (Å²) in [6.07, 6.45) is 0. The molecule has 0 unspecified atom stereocenters. The van der Waals surface area contributed by atoms with Crippen LogP contribution in [0.5, 0.6) is 0 Å². The molecule has 98 valence electrons. The molecule has 3 N–H and O–H groups in total. The van der Waals surface area contributed by atoms with Gasteiger partial charge in [-0.25, -0.2) is 4.79 Å². The number of carboxylic acid groups (broad SMARTS) is 1. The molecule has 0 amide bonds. The molecule has 5 heteroatoms. The van der Waals surface area contributed by atoms with Crippen LogP contribution in [0.15, 0.2) is 18.2 Å². The first-order chi connectivity index (χ1) is 8.39. The van der Waals surface area contributed by atoms with Crippen LogP contribution in [0.4, 0.5) is 11.4 Å². The molecule has 0 aromatic heterocycles. The highest BCUT2D eigenvalue weighted by atomic mass is 28.3. The van der Waals surface area contributed by atoms with E-state index in [9.17, 15) is 9.90 Å². The van der Waals surface area contributed by atoms with Crippen LogP contribution < -0.4 is 10.6 Å². The quantitative estimate of drug-likeness (QED) is 0.636. The Morgan fingerprint density at radius 2 is 1.94 bits per heavy atom. The van der Waals surface area contributed by atoms with E-state index in [-0.39, 0.29) is 0 Å². The van der Waals surface area contributed by atoms with E-state index in [1.54, 1.807) is 18.2 Å². The van der Waals surface area contributed by atoms with Gasteiger partial charge in [-0.3, -0.25) is 0 Å². The van der Waals surface area contributed by atoms with Crippen molar-refractivity contribution in [3.05, 3.63) is 23.8 Å². The van der Waals surface area contributed by atoms with E-state index < -0.39 is 14.0 Å². The smallest absolute Gasteiger partial charge is 0.337 e. The lowest BCUT2D eigenvalue weighted by Gasteiger charge is -2.37. The van der Waals surface area contributed by atoms with Crippen molar-refractivity contribution in [2.75, 3.05) is 23.7 Å². The summed E-state index contributed by atoms with van der Waals surface area (Å²) in [6.45, 7) is 6.68. The first-order valence-corrected chi connectivity index (χ1v) is 9.68. The molecule has 0 atom stereocenters. The first-order valence-electron chi connectivity index (χ1n) is 6.27. The fourth-order valence-corrected chi connectivity index (χ4v) is 4.34. The zero-order valence-electron chi connectivity index (χ0n) is 10.9. The summed E-state index contributed by atoms with van der Waals surface area (Å²) in [5.41, 5.74) is 7.52. The van der Waals surface area contributed by atoms with Crippen LogP contribution >= 0.6 is 0 Å². The maximum atomic E-state index is 11.2. The highest BCUT2D eigenvalue weighted by Gasteiger charge is 2.28. The first kappa shape index (κ1) is 13.0. The second kappa shape index (κ2) is 4.64. The molecular weight excluding hydrogens is 244 g/mol. The van der Waals surface area contributed by atoms with E-state index in [4.69, 9.17) is 5.73 Å². The number of nitrogens with zero attached hydrogens (tertiary/aromatic N) is 1. The lowest BCUT2D eigenvalue weighted by atomic mass is 10.1. The summed E-state index contributed by atoms with van der Waals surface area (Å²) in [5.74, 6) is -0.882. The van der Waals surface area contributed by atoms with E-state index in [1.807, 2.05) is 0 Å². The molecule has 1 fully saturated rings. The molecule has 1 saturated heterocycles. The molecule has 18 heavy (non-hydrogen) atoms. The molecular formula is C13H20N2O2Si. The van der Waals surface area contributed by atoms with E-state index in [0.717, 1.165) is 18.8 Å². The van der Waals surface area contributed by atoms with Gasteiger partial charge in [-0.2, -0.15) is 0 Å². The molecule has 1 heterocycles. The van der Waals surface area contributed by atoms with Crippen molar-refractivity contribution in [1.82, 2.24) is 0 Å². The fourth-order valence-electron chi connectivity index (χ4n) is 2.34. The third-order valence-electron chi connectivity index (χ3n) is 3.71. The van der Waals surface area contributed by atoms with Gasteiger partial charge in [0, 0.05) is 18.8 Å². The Morgan fingerprint density at radius 1 is 1.33 bits per heavy atom. The number of carboxylic acids is 1. The minimum atomic E-state index is -1.04. The zero-order valence-corrected chi connectivity index (χ0v) is 11.9. The SMILES string of the molecule is C[Si]1(C)CCN(c2cc(N)ccc2C(=O)O)CC1. The fraction of sp³-hybridized carbons (Fsp3) is 0.462. The highest BCUT2D eigenvalue weighted by Crippen LogP contribution is 2.30. The summed E-state index contributed by atoms with van der Waals surface area (Å²) >= 11 is 0. The predicted molar refractivity (Wildman–Crippen MR) is 77.1 cm³/mol. The molecule has 1 aliphatic rings. The summed E-state index contributed by atoms with van der Waals surface area (Å²) in [6, 6.07) is 7.45. The van der Waals surface area contributed by atoms with Gasteiger partial charge in [0.25, 0.3) is 0 Å². The van der Waals surface area contributed by atoms with Gasteiger partial charge in [0.05, 0.1) is 19.3 Å². The Balaban J connectivity index is 2.28. The zero-order chi connectivity index (χ0) is 13.3. The molecule has 0 saturated carbocycles. The number of benzene rings is 1. The molecule has 1 aromatic rings. The predicted octanol–water partition coefficient (Wildman–Crippen LogP) is 2.50. The van der Waals surface area contributed by atoms with Crippen LogP contribution in [0.1, 0.15) is 10.4 Å². The average Bonchev–Trinajstić information content (AvgIpc) is 2.28. The van der Waals surface area contributed by atoms with Gasteiger partial charge in [0.1, 0.15) is 0 Å². The van der Waals surface area contributed by atoms with Gasteiger partial charge in [0.2, 0.25) is 0 Å². The van der Waals surface area contributed by atoms with Gasteiger partial charge in [-0.1, -0.05) is 13.1 Å². The summed E-state index contributed by atoms with van der Waals surface area (Å²) < 4.78 is 0. The van der Waals surface area contributed by atoms with E-state index >= 15 is 0 Å². The number of anilines is 2. The highest BCUT2D eigenvalue weighted by molar-refractivity contribution is 6.77. The second-order valence-electron chi connectivity index (χ2n) is 5.73. The Labute approximate surface area is 108 Å². The van der Waals surface area contributed by atoms with Crippen LogP contribution in [0, 0.1) is 0 Å². The number of nitrogens with two attached hydrogens (primary N) is 1. The van der Waals surface area contributed by atoms with E-state index in [1.165, 1.54) is 12.1 Å². The van der Waals surface area contributed by atoms with E-state index in [2.05, 4.69) is 18.0 Å². The van der Waals surface area contributed by atoms with Gasteiger partial charge in [0.15, 0.2) is 0 Å². The van der Waals surface area contributed by atoms with Crippen LogP contribution in [0.3, 0.4) is 0 Å². The molecule has 0 spiro atoms. The van der Waals surface area contributed by atoms with Crippen molar-refractivity contribution >= 4 is 25.4 Å².